The van der Waals surface area contributed by atoms with Crippen molar-refractivity contribution in [1.82, 2.24) is 5.43 Å². The zero-order valence-electron chi connectivity index (χ0n) is 5.67. The average Bonchev–Trinajstić information content (AvgIpc) is 2.38. The Morgan fingerprint density at radius 1 is 1.80 bits per heavy atom. The number of carbonyl (C=O) groups is 1. The lowest BCUT2D eigenvalue weighted by Crippen LogP contribution is -2.26. The van der Waals surface area contributed by atoms with Crippen LogP contribution in [0.2, 0.25) is 0 Å². The van der Waals surface area contributed by atoms with Gasteiger partial charge in [0.25, 0.3) is 0 Å². The van der Waals surface area contributed by atoms with E-state index >= 15 is 0 Å². The van der Waals surface area contributed by atoms with Crippen LogP contribution in [-0.4, -0.2) is 25.8 Å². The molecule has 0 spiro atoms. The van der Waals surface area contributed by atoms with Crippen molar-refractivity contribution in [1.29, 1.82) is 0 Å². The number of hydrazone groups is 1. The summed E-state index contributed by atoms with van der Waals surface area (Å²) in [6.07, 6.45) is 0.793. The summed E-state index contributed by atoms with van der Waals surface area (Å²) in [4.78, 5) is 10.9. The van der Waals surface area contributed by atoms with Crippen LogP contribution in [0.4, 0.5) is 0 Å². The third kappa shape index (κ3) is 1.54. The van der Waals surface area contributed by atoms with E-state index in [1.54, 1.807) is 0 Å². The van der Waals surface area contributed by atoms with Gasteiger partial charge in [0, 0.05) is 13.3 Å². The molecule has 1 N–H and O–H groups in total. The summed E-state index contributed by atoms with van der Waals surface area (Å²) in [5.74, 6) is -0.113. The fourth-order valence-electron chi connectivity index (χ4n) is 0.911. The minimum absolute atomic E-state index is 0.0227. The summed E-state index contributed by atoms with van der Waals surface area (Å²) in [6, 6.07) is 0. The Bertz CT molecular complexity index is 141. The smallest absolute Gasteiger partial charge is 0.245 e. The molecule has 1 heterocycles. The van der Waals surface area contributed by atoms with Crippen LogP contribution in [0.1, 0.15) is 6.42 Å². The Kier molecular flexibility index (Phi) is 2.39. The van der Waals surface area contributed by atoms with Crippen LogP contribution in [0.25, 0.3) is 0 Å². The number of rotatable bonds is 2. The molecule has 0 saturated carbocycles. The molecular weight excluding hydrogens is 132 g/mol. The Labute approximate surface area is 59.2 Å². The molecule has 0 aromatic heterocycles. The Hall–Kier alpha value is -0.900. The standard InChI is InChI=1S/C6H10N2O2/c1-7-8-6(9)5-2-3-10-4-5/h5H,1-4H2,(H,8,9). The van der Waals surface area contributed by atoms with Gasteiger partial charge in [-0.3, -0.25) is 4.79 Å². The van der Waals surface area contributed by atoms with Gasteiger partial charge in [0.15, 0.2) is 0 Å². The van der Waals surface area contributed by atoms with Crippen molar-refractivity contribution < 1.29 is 9.53 Å². The van der Waals surface area contributed by atoms with Crippen molar-refractivity contribution in [3.05, 3.63) is 0 Å². The second-order valence-electron chi connectivity index (χ2n) is 2.19. The van der Waals surface area contributed by atoms with Crippen LogP contribution in [-0.2, 0) is 9.53 Å². The highest BCUT2D eigenvalue weighted by molar-refractivity contribution is 5.78. The first kappa shape index (κ1) is 7.21. The van der Waals surface area contributed by atoms with Crippen LogP contribution in [0.15, 0.2) is 5.10 Å². The van der Waals surface area contributed by atoms with E-state index in [4.69, 9.17) is 4.74 Å². The maximum atomic E-state index is 10.9. The summed E-state index contributed by atoms with van der Waals surface area (Å²) in [7, 11) is 0. The van der Waals surface area contributed by atoms with Crippen molar-refractivity contribution in [3.8, 4) is 0 Å². The minimum Gasteiger partial charge on any atom is -0.381 e. The fourth-order valence-corrected chi connectivity index (χ4v) is 0.911. The van der Waals surface area contributed by atoms with Gasteiger partial charge >= 0.3 is 0 Å². The molecule has 4 nitrogen and oxygen atoms in total. The monoisotopic (exact) mass is 142 g/mol. The Balaban J connectivity index is 2.32. The number of nitrogens with zero attached hydrogens (tertiary/aromatic N) is 1. The highest BCUT2D eigenvalue weighted by Gasteiger charge is 2.22. The summed E-state index contributed by atoms with van der Waals surface area (Å²) in [6.45, 7) is 4.34. The van der Waals surface area contributed by atoms with Gasteiger partial charge in [-0.05, 0) is 6.42 Å². The summed E-state index contributed by atoms with van der Waals surface area (Å²) >= 11 is 0. The fraction of sp³-hybridized carbons (Fsp3) is 0.667. The molecule has 0 aromatic carbocycles. The predicted molar refractivity (Wildman–Crippen MR) is 36.6 cm³/mol. The first-order valence-electron chi connectivity index (χ1n) is 3.18. The summed E-state index contributed by atoms with van der Waals surface area (Å²) in [5.41, 5.74) is 2.28. The molecule has 1 amide bonds. The Morgan fingerprint density at radius 3 is 3.10 bits per heavy atom. The van der Waals surface area contributed by atoms with Gasteiger partial charge in [-0.1, -0.05) is 0 Å². The molecule has 56 valence electrons. The van der Waals surface area contributed by atoms with E-state index in [1.807, 2.05) is 0 Å². The lowest BCUT2D eigenvalue weighted by Gasteiger charge is -2.02. The van der Waals surface area contributed by atoms with E-state index in [9.17, 15) is 4.79 Å². The van der Waals surface area contributed by atoms with Crippen molar-refractivity contribution in [2.45, 2.75) is 6.42 Å². The molecule has 1 unspecified atom stereocenters. The first-order valence-corrected chi connectivity index (χ1v) is 3.18. The summed E-state index contributed by atoms with van der Waals surface area (Å²) in [5, 5.41) is 3.28. The van der Waals surface area contributed by atoms with Crippen LogP contribution in [0, 0.1) is 5.92 Å². The highest BCUT2D eigenvalue weighted by atomic mass is 16.5. The van der Waals surface area contributed by atoms with Gasteiger partial charge in [-0.25, -0.2) is 5.43 Å². The number of ether oxygens (including phenoxy) is 1. The normalized spacial score (nSPS) is 24.2. The number of amides is 1. The zero-order chi connectivity index (χ0) is 7.40. The third-order valence-electron chi connectivity index (χ3n) is 1.49. The van der Waals surface area contributed by atoms with Gasteiger partial charge in [0.1, 0.15) is 0 Å². The van der Waals surface area contributed by atoms with Gasteiger partial charge in [0.05, 0.1) is 12.5 Å². The van der Waals surface area contributed by atoms with E-state index < -0.39 is 0 Å². The average molecular weight is 142 g/mol. The molecule has 1 fully saturated rings. The molecule has 10 heavy (non-hydrogen) atoms. The number of hydrogen-bond donors (Lipinski definition) is 1. The van der Waals surface area contributed by atoms with E-state index in [2.05, 4.69) is 17.2 Å². The number of hydrogen-bond acceptors (Lipinski definition) is 3. The molecule has 1 rings (SSSR count). The number of nitrogens with one attached hydrogen (secondary N) is 1. The molecular formula is C6H10N2O2. The van der Waals surface area contributed by atoms with Crippen molar-refractivity contribution >= 4 is 12.6 Å². The molecule has 0 aromatic rings. The molecule has 1 aliphatic rings. The van der Waals surface area contributed by atoms with Crippen molar-refractivity contribution in [2.24, 2.45) is 11.0 Å². The molecule has 0 bridgehead atoms. The van der Waals surface area contributed by atoms with E-state index in [1.165, 1.54) is 0 Å². The van der Waals surface area contributed by atoms with Gasteiger partial charge in [-0.2, -0.15) is 5.10 Å². The summed E-state index contributed by atoms with van der Waals surface area (Å²) < 4.78 is 5.00. The van der Waals surface area contributed by atoms with Gasteiger partial charge in [0.2, 0.25) is 5.91 Å². The minimum atomic E-state index is -0.0903. The lowest BCUT2D eigenvalue weighted by molar-refractivity contribution is -0.124. The van der Waals surface area contributed by atoms with Crippen LogP contribution in [0.5, 0.6) is 0 Å². The first-order chi connectivity index (χ1) is 4.84. The molecule has 4 heteroatoms. The maximum Gasteiger partial charge on any atom is 0.245 e. The maximum absolute atomic E-state index is 10.9. The van der Waals surface area contributed by atoms with Gasteiger partial charge in [-0.15, -0.1) is 0 Å². The SMILES string of the molecule is C=NNC(=O)C1CCOC1. The van der Waals surface area contributed by atoms with E-state index in [-0.39, 0.29) is 11.8 Å². The molecule has 1 aliphatic heterocycles. The second-order valence-corrected chi connectivity index (χ2v) is 2.19. The largest absolute Gasteiger partial charge is 0.381 e. The quantitative estimate of drug-likeness (QED) is 0.427. The van der Waals surface area contributed by atoms with Gasteiger partial charge < -0.3 is 4.74 Å². The van der Waals surface area contributed by atoms with Crippen LogP contribution < -0.4 is 5.43 Å². The molecule has 1 atom stereocenters. The van der Waals surface area contributed by atoms with E-state index in [0.717, 1.165) is 6.42 Å². The topological polar surface area (TPSA) is 50.7 Å². The zero-order valence-corrected chi connectivity index (χ0v) is 5.67. The Morgan fingerprint density at radius 2 is 2.60 bits per heavy atom. The van der Waals surface area contributed by atoms with Crippen molar-refractivity contribution in [2.75, 3.05) is 13.2 Å². The third-order valence-corrected chi connectivity index (χ3v) is 1.49. The van der Waals surface area contributed by atoms with Crippen molar-refractivity contribution in [3.63, 3.8) is 0 Å². The number of carbonyl (C=O) groups excluding carboxylic acids is 1. The predicted octanol–water partition coefficient (Wildman–Crippen LogP) is -0.245. The molecule has 0 aliphatic carbocycles. The highest BCUT2D eigenvalue weighted by Crippen LogP contribution is 2.11. The van der Waals surface area contributed by atoms with Crippen LogP contribution >= 0.6 is 0 Å². The van der Waals surface area contributed by atoms with E-state index in [0.29, 0.717) is 13.2 Å². The molecule has 0 radical (unpaired) electrons. The van der Waals surface area contributed by atoms with Crippen LogP contribution in [0.3, 0.4) is 0 Å². The molecule has 1 saturated heterocycles. The second kappa shape index (κ2) is 3.31. The lowest BCUT2D eigenvalue weighted by atomic mass is 10.1.